The molecular formula is C22H25NO5. The molecule has 2 fully saturated rings. The zero-order chi connectivity index (χ0) is 19.7. The Morgan fingerprint density at radius 1 is 1.46 bits per heavy atom. The zero-order valence-electron chi connectivity index (χ0n) is 16.1. The number of rotatable bonds is 4. The highest BCUT2D eigenvalue weighted by atomic mass is 16.6. The molecule has 0 unspecified atom stereocenters. The number of benzene rings is 1. The molecule has 2 aliphatic carbocycles. The van der Waals surface area contributed by atoms with Crippen LogP contribution in [-0.2, 0) is 21.4 Å². The molecule has 2 aliphatic heterocycles. The summed E-state index contributed by atoms with van der Waals surface area (Å²) < 4.78 is 11.8. The van der Waals surface area contributed by atoms with Gasteiger partial charge in [0.1, 0.15) is 0 Å². The van der Waals surface area contributed by atoms with E-state index in [-0.39, 0.29) is 24.2 Å². The summed E-state index contributed by atoms with van der Waals surface area (Å²) in [5.74, 6) is 0.502. The number of carbonyl (C=O) groups excluding carboxylic acids is 2. The van der Waals surface area contributed by atoms with Crippen molar-refractivity contribution in [2.75, 3.05) is 13.6 Å². The number of hydrogen-bond donors (Lipinski definition) is 1. The van der Waals surface area contributed by atoms with Gasteiger partial charge in [0.25, 0.3) is 0 Å². The molecule has 6 heteroatoms. The number of aliphatic hydroxyl groups is 1. The van der Waals surface area contributed by atoms with Crippen molar-refractivity contribution < 1.29 is 24.2 Å². The lowest BCUT2D eigenvalue weighted by Crippen LogP contribution is -2.76. The van der Waals surface area contributed by atoms with Crippen molar-refractivity contribution in [3.05, 3.63) is 35.9 Å². The zero-order valence-corrected chi connectivity index (χ0v) is 16.1. The van der Waals surface area contributed by atoms with Gasteiger partial charge in [-0.25, -0.2) is 0 Å². The number of piperidine rings is 1. The van der Waals surface area contributed by atoms with Crippen molar-refractivity contribution in [1.29, 1.82) is 0 Å². The summed E-state index contributed by atoms with van der Waals surface area (Å²) in [5.41, 5.74) is 0.222. The van der Waals surface area contributed by atoms with Crippen LogP contribution in [-0.4, -0.2) is 53.1 Å². The Labute approximate surface area is 164 Å². The summed E-state index contributed by atoms with van der Waals surface area (Å²) in [6, 6.07) is 3.69. The van der Waals surface area contributed by atoms with Gasteiger partial charge in [0.05, 0.1) is 11.0 Å². The molecule has 1 N–H and O–H groups in total. The average molecular weight is 383 g/mol. The van der Waals surface area contributed by atoms with Gasteiger partial charge in [-0.1, -0.05) is 12.1 Å². The van der Waals surface area contributed by atoms with E-state index >= 15 is 0 Å². The highest BCUT2D eigenvalue weighted by Crippen LogP contribution is 2.64. The maximum Gasteiger partial charge on any atom is 0.311 e. The summed E-state index contributed by atoms with van der Waals surface area (Å²) in [5, 5.41) is 11.9. The van der Waals surface area contributed by atoms with Gasteiger partial charge < -0.3 is 19.5 Å². The van der Waals surface area contributed by atoms with Crippen molar-refractivity contribution in [1.82, 2.24) is 4.90 Å². The Hall–Kier alpha value is -2.18. The van der Waals surface area contributed by atoms with Crippen LogP contribution in [0.5, 0.6) is 11.5 Å². The third-order valence-electron chi connectivity index (χ3n) is 7.29. The molecule has 148 valence electrons. The van der Waals surface area contributed by atoms with Gasteiger partial charge in [0.2, 0.25) is 0 Å². The van der Waals surface area contributed by atoms with E-state index in [4.69, 9.17) is 9.47 Å². The van der Waals surface area contributed by atoms with Crippen molar-refractivity contribution >= 4 is 11.8 Å². The van der Waals surface area contributed by atoms with Crippen LogP contribution in [0, 0.1) is 0 Å². The molecule has 2 heterocycles. The molecule has 5 rings (SSSR count). The van der Waals surface area contributed by atoms with E-state index in [1.54, 1.807) is 12.1 Å². The van der Waals surface area contributed by atoms with Crippen LogP contribution in [0.15, 0.2) is 24.8 Å². The first kappa shape index (κ1) is 17.9. The van der Waals surface area contributed by atoms with Crippen molar-refractivity contribution in [2.45, 2.75) is 61.7 Å². The maximum absolute atomic E-state index is 12.9. The monoisotopic (exact) mass is 383 g/mol. The van der Waals surface area contributed by atoms with Crippen LogP contribution in [0.1, 0.15) is 43.2 Å². The van der Waals surface area contributed by atoms with Crippen LogP contribution in [0.25, 0.3) is 0 Å². The van der Waals surface area contributed by atoms with E-state index < -0.39 is 17.1 Å². The minimum atomic E-state index is -1.01. The van der Waals surface area contributed by atoms with Gasteiger partial charge in [-0.05, 0) is 50.9 Å². The fourth-order valence-corrected chi connectivity index (χ4v) is 6.00. The second kappa shape index (κ2) is 5.91. The van der Waals surface area contributed by atoms with Gasteiger partial charge in [-0.15, -0.1) is 6.58 Å². The van der Waals surface area contributed by atoms with E-state index in [1.807, 2.05) is 13.1 Å². The largest absolute Gasteiger partial charge is 0.477 e. The minimum absolute atomic E-state index is 0.0287. The SMILES string of the molecule is C=CCCC(=O)Oc1ccc2c3c1O[C@H]1C(=O)CC[C@@]4(O)[C@@H](C2)N(C)CC[C@]314. The van der Waals surface area contributed by atoms with Crippen LogP contribution < -0.4 is 9.47 Å². The normalized spacial score (nSPS) is 35.1. The number of nitrogens with zero attached hydrogens (tertiary/aromatic N) is 1. The number of hydrogen-bond acceptors (Lipinski definition) is 6. The Kier molecular flexibility index (Phi) is 3.77. The van der Waals surface area contributed by atoms with E-state index in [9.17, 15) is 14.7 Å². The first-order chi connectivity index (χ1) is 13.4. The molecule has 1 saturated heterocycles. The Bertz CT molecular complexity index is 895. The molecule has 1 aromatic rings. The number of ether oxygens (including phenoxy) is 2. The molecule has 1 saturated carbocycles. The molecule has 4 aliphatic rings. The number of esters is 1. The third kappa shape index (κ3) is 2.05. The smallest absolute Gasteiger partial charge is 0.311 e. The lowest BCUT2D eigenvalue weighted by molar-refractivity contribution is -0.185. The Morgan fingerprint density at radius 2 is 2.29 bits per heavy atom. The molecule has 1 aromatic carbocycles. The first-order valence-electron chi connectivity index (χ1n) is 10.0. The molecule has 0 radical (unpaired) electrons. The topological polar surface area (TPSA) is 76.1 Å². The van der Waals surface area contributed by atoms with E-state index in [2.05, 4.69) is 11.5 Å². The maximum atomic E-state index is 12.9. The number of Topliss-reactive ketones (excluding diaryl/α,β-unsaturated/α-hetero) is 1. The number of likely N-dealkylation sites (N-methyl/N-ethyl adjacent to an activating group) is 1. The van der Waals surface area contributed by atoms with Crippen LogP contribution in [0.3, 0.4) is 0 Å². The number of likely N-dealkylation sites (tertiary alicyclic amines) is 1. The highest BCUT2D eigenvalue weighted by molar-refractivity contribution is 5.90. The molecule has 4 atom stereocenters. The molecule has 2 bridgehead atoms. The second-order valence-corrected chi connectivity index (χ2v) is 8.54. The second-order valence-electron chi connectivity index (χ2n) is 8.54. The van der Waals surface area contributed by atoms with Gasteiger partial charge in [-0.2, -0.15) is 0 Å². The van der Waals surface area contributed by atoms with E-state index in [0.29, 0.717) is 43.6 Å². The standard InChI is InChI=1S/C22H25NO5/c1-3-4-5-17(25)27-15-7-6-13-12-16-22(26)9-8-14(24)20-21(22,10-11-23(16)2)18(13)19(15)28-20/h3,6-7,16,20,26H,1,4-5,8-12H2,2H3/t16-,20+,21+,22-/m1/s1. The molecule has 1 spiro atoms. The summed E-state index contributed by atoms with van der Waals surface area (Å²) >= 11 is 0. The molecule has 0 amide bonds. The molecule has 0 aromatic heterocycles. The fourth-order valence-electron chi connectivity index (χ4n) is 6.00. The Morgan fingerprint density at radius 3 is 3.07 bits per heavy atom. The van der Waals surface area contributed by atoms with Gasteiger partial charge in [0, 0.05) is 24.4 Å². The summed E-state index contributed by atoms with van der Waals surface area (Å²) in [6.45, 7) is 4.42. The third-order valence-corrected chi connectivity index (χ3v) is 7.29. The van der Waals surface area contributed by atoms with Gasteiger partial charge >= 0.3 is 5.97 Å². The summed E-state index contributed by atoms with van der Waals surface area (Å²) in [7, 11) is 2.04. The predicted molar refractivity (Wildman–Crippen MR) is 102 cm³/mol. The fraction of sp³-hybridized carbons (Fsp3) is 0.545. The molecule has 6 nitrogen and oxygen atoms in total. The minimum Gasteiger partial charge on any atom is -0.477 e. The van der Waals surface area contributed by atoms with E-state index in [0.717, 1.165) is 17.7 Å². The molecule has 28 heavy (non-hydrogen) atoms. The highest BCUT2D eigenvalue weighted by Gasteiger charge is 2.72. The lowest BCUT2D eigenvalue weighted by Gasteiger charge is -2.62. The van der Waals surface area contributed by atoms with E-state index in [1.165, 1.54) is 0 Å². The number of ketones is 1. The number of allylic oxidation sites excluding steroid dienone is 1. The van der Waals surface area contributed by atoms with Crippen molar-refractivity contribution in [2.24, 2.45) is 0 Å². The summed E-state index contributed by atoms with van der Waals surface area (Å²) in [4.78, 5) is 27.2. The van der Waals surface area contributed by atoms with Crippen LogP contribution >= 0.6 is 0 Å². The molecular weight excluding hydrogens is 358 g/mol. The quantitative estimate of drug-likeness (QED) is 0.486. The first-order valence-corrected chi connectivity index (χ1v) is 10.0. The van der Waals surface area contributed by atoms with Crippen molar-refractivity contribution in [3.8, 4) is 11.5 Å². The predicted octanol–water partition coefficient (Wildman–Crippen LogP) is 1.91. The average Bonchev–Trinajstić information content (AvgIpc) is 3.03. The lowest BCUT2D eigenvalue weighted by atomic mass is 9.49. The van der Waals surface area contributed by atoms with Crippen LogP contribution in [0.4, 0.5) is 0 Å². The van der Waals surface area contributed by atoms with Gasteiger partial charge in [-0.3, -0.25) is 9.59 Å². The van der Waals surface area contributed by atoms with Crippen molar-refractivity contribution in [3.63, 3.8) is 0 Å². The van der Waals surface area contributed by atoms with Gasteiger partial charge in [0.15, 0.2) is 23.4 Å². The Balaban J connectivity index is 1.65. The summed E-state index contributed by atoms with van der Waals surface area (Å²) in [6.07, 6.45) is 3.86. The van der Waals surface area contributed by atoms with Crippen LogP contribution in [0.2, 0.25) is 0 Å². The number of carbonyl (C=O) groups is 2.